The number of nitrogens with zero attached hydrogens (tertiary/aromatic N) is 1. The molecule has 2 aromatic carbocycles. The van der Waals surface area contributed by atoms with Crippen molar-refractivity contribution in [2.45, 2.75) is 22.6 Å². The lowest BCUT2D eigenvalue weighted by Crippen LogP contribution is -2.43. The van der Waals surface area contributed by atoms with Gasteiger partial charge in [-0.1, -0.05) is 35.3 Å². The van der Waals surface area contributed by atoms with E-state index in [-0.39, 0.29) is 22.4 Å². The predicted molar refractivity (Wildman–Crippen MR) is 115 cm³/mol. The molecule has 1 saturated heterocycles. The lowest BCUT2D eigenvalue weighted by atomic mass is 9.99. The van der Waals surface area contributed by atoms with Crippen LogP contribution >= 0.6 is 35.0 Å². The molecule has 0 bridgehead atoms. The van der Waals surface area contributed by atoms with Crippen molar-refractivity contribution >= 4 is 56.6 Å². The first kappa shape index (κ1) is 21.5. The summed E-state index contributed by atoms with van der Waals surface area (Å²) in [6, 6.07) is 11.9. The number of carbonyl (C=O) groups excluding carboxylic acids is 1. The third kappa shape index (κ3) is 4.66. The van der Waals surface area contributed by atoms with Crippen LogP contribution in [0.5, 0.6) is 0 Å². The van der Waals surface area contributed by atoms with E-state index in [0.717, 1.165) is 10.6 Å². The van der Waals surface area contributed by atoms with Crippen LogP contribution in [0.4, 0.5) is 5.69 Å². The highest BCUT2D eigenvalue weighted by molar-refractivity contribution is 7.98. The molecule has 0 aliphatic carbocycles. The third-order valence-electron chi connectivity index (χ3n) is 4.63. The molecule has 3 rings (SSSR count). The fourth-order valence-corrected chi connectivity index (χ4v) is 5.99. The molecule has 0 aromatic heterocycles. The van der Waals surface area contributed by atoms with Crippen molar-refractivity contribution in [2.75, 3.05) is 24.7 Å². The number of hydrogen-bond acceptors (Lipinski definition) is 4. The first-order chi connectivity index (χ1) is 13.3. The zero-order chi connectivity index (χ0) is 20.3. The Morgan fingerprint density at radius 1 is 1.21 bits per heavy atom. The molecule has 1 fully saturated rings. The number of amides is 1. The van der Waals surface area contributed by atoms with Crippen LogP contribution in [0.25, 0.3) is 0 Å². The van der Waals surface area contributed by atoms with Gasteiger partial charge in [0.2, 0.25) is 15.9 Å². The second kappa shape index (κ2) is 9.05. The largest absolute Gasteiger partial charge is 0.325 e. The number of thioether (sulfide) groups is 1. The molecular weight excluding hydrogens is 439 g/mol. The Labute approximate surface area is 179 Å². The Balaban J connectivity index is 1.78. The summed E-state index contributed by atoms with van der Waals surface area (Å²) in [6.07, 6.45) is 3.16. The van der Waals surface area contributed by atoms with Crippen LogP contribution in [0.2, 0.25) is 10.0 Å². The highest BCUT2D eigenvalue weighted by Gasteiger charge is 2.34. The SMILES string of the molecule is CSc1ccccc1NC(=O)[C@H]1CCCN(S(=O)(=O)c2cc(Cl)ccc2Cl)C1. The minimum absolute atomic E-state index is 0.0320. The highest BCUT2D eigenvalue weighted by Crippen LogP contribution is 2.31. The average molecular weight is 459 g/mol. The third-order valence-corrected chi connectivity index (χ3v) is 8.01. The Kier molecular flexibility index (Phi) is 6.94. The molecule has 1 atom stereocenters. The molecule has 0 radical (unpaired) electrons. The first-order valence-electron chi connectivity index (χ1n) is 8.72. The lowest BCUT2D eigenvalue weighted by molar-refractivity contribution is -0.120. The molecule has 1 heterocycles. The fraction of sp³-hybridized carbons (Fsp3) is 0.316. The van der Waals surface area contributed by atoms with Gasteiger partial charge in [-0.25, -0.2) is 8.42 Å². The van der Waals surface area contributed by atoms with E-state index in [0.29, 0.717) is 24.4 Å². The van der Waals surface area contributed by atoms with Gasteiger partial charge in [-0.05, 0) is 49.4 Å². The van der Waals surface area contributed by atoms with Crippen molar-refractivity contribution in [2.24, 2.45) is 5.92 Å². The number of nitrogens with one attached hydrogen (secondary N) is 1. The number of carbonyl (C=O) groups is 1. The molecule has 150 valence electrons. The van der Waals surface area contributed by atoms with Gasteiger partial charge >= 0.3 is 0 Å². The van der Waals surface area contributed by atoms with Crippen LogP contribution in [0.15, 0.2) is 52.3 Å². The summed E-state index contributed by atoms with van der Waals surface area (Å²) in [4.78, 5) is 13.7. The van der Waals surface area contributed by atoms with Crippen LogP contribution in [-0.4, -0.2) is 38.0 Å². The summed E-state index contributed by atoms with van der Waals surface area (Å²) in [5.41, 5.74) is 0.734. The molecule has 1 aliphatic rings. The fourth-order valence-electron chi connectivity index (χ4n) is 3.17. The Bertz CT molecular complexity index is 983. The maximum Gasteiger partial charge on any atom is 0.244 e. The summed E-state index contributed by atoms with van der Waals surface area (Å²) in [5, 5.41) is 3.35. The normalized spacial score (nSPS) is 18.0. The van der Waals surface area contributed by atoms with E-state index in [1.165, 1.54) is 16.4 Å². The minimum atomic E-state index is -3.83. The standard InChI is InChI=1S/C19H20Cl2N2O3S2/c1-27-17-7-3-2-6-16(17)22-19(24)13-5-4-10-23(12-13)28(25,26)18-11-14(20)8-9-15(18)21/h2-3,6-9,11,13H,4-5,10,12H2,1H3,(H,22,24)/t13-/m0/s1. The van der Waals surface area contributed by atoms with E-state index in [1.807, 2.05) is 30.5 Å². The zero-order valence-corrected chi connectivity index (χ0v) is 18.3. The number of hydrogen-bond donors (Lipinski definition) is 1. The Morgan fingerprint density at radius 3 is 2.71 bits per heavy atom. The molecule has 2 aromatic rings. The number of sulfonamides is 1. The van der Waals surface area contributed by atoms with E-state index in [9.17, 15) is 13.2 Å². The highest BCUT2D eigenvalue weighted by atomic mass is 35.5. The number of anilines is 1. The number of rotatable bonds is 5. The quantitative estimate of drug-likeness (QED) is 0.656. The summed E-state index contributed by atoms with van der Waals surface area (Å²) >= 11 is 13.6. The van der Waals surface area contributed by atoms with Gasteiger partial charge in [0.05, 0.1) is 16.6 Å². The van der Waals surface area contributed by atoms with E-state index in [2.05, 4.69) is 5.32 Å². The molecule has 9 heteroatoms. The maximum atomic E-state index is 13.0. The monoisotopic (exact) mass is 458 g/mol. The molecular formula is C19H20Cl2N2O3S2. The number of para-hydroxylation sites is 1. The average Bonchev–Trinajstić information content (AvgIpc) is 2.70. The zero-order valence-electron chi connectivity index (χ0n) is 15.2. The molecule has 0 unspecified atom stereocenters. The number of benzene rings is 2. The van der Waals surface area contributed by atoms with Gasteiger partial charge in [0.15, 0.2) is 0 Å². The molecule has 28 heavy (non-hydrogen) atoms. The van der Waals surface area contributed by atoms with Crippen molar-refractivity contribution in [3.63, 3.8) is 0 Å². The Morgan fingerprint density at radius 2 is 1.96 bits per heavy atom. The number of piperidine rings is 1. The van der Waals surface area contributed by atoms with Crippen LogP contribution in [0.3, 0.4) is 0 Å². The summed E-state index contributed by atoms with van der Waals surface area (Å²) in [6.45, 7) is 0.453. The van der Waals surface area contributed by atoms with Gasteiger partial charge in [-0.15, -0.1) is 11.8 Å². The van der Waals surface area contributed by atoms with E-state index >= 15 is 0 Å². The van der Waals surface area contributed by atoms with E-state index in [4.69, 9.17) is 23.2 Å². The molecule has 1 N–H and O–H groups in total. The van der Waals surface area contributed by atoms with Crippen molar-refractivity contribution in [3.05, 3.63) is 52.5 Å². The first-order valence-corrected chi connectivity index (χ1v) is 12.1. The smallest absolute Gasteiger partial charge is 0.244 e. The molecule has 1 amide bonds. The molecule has 1 aliphatic heterocycles. The van der Waals surface area contributed by atoms with Crippen LogP contribution in [-0.2, 0) is 14.8 Å². The van der Waals surface area contributed by atoms with Crippen LogP contribution in [0, 0.1) is 5.92 Å². The molecule has 5 nitrogen and oxygen atoms in total. The summed E-state index contributed by atoms with van der Waals surface area (Å²) in [7, 11) is -3.83. The van der Waals surface area contributed by atoms with Gasteiger partial charge in [0, 0.05) is 23.0 Å². The lowest BCUT2D eigenvalue weighted by Gasteiger charge is -2.31. The van der Waals surface area contributed by atoms with Crippen molar-refractivity contribution in [3.8, 4) is 0 Å². The second-order valence-corrected chi connectivity index (χ2v) is 10.1. The molecule has 0 spiro atoms. The minimum Gasteiger partial charge on any atom is -0.325 e. The van der Waals surface area contributed by atoms with Gasteiger partial charge < -0.3 is 5.32 Å². The van der Waals surface area contributed by atoms with Gasteiger partial charge in [-0.3, -0.25) is 4.79 Å². The van der Waals surface area contributed by atoms with Gasteiger partial charge in [0.1, 0.15) is 4.90 Å². The van der Waals surface area contributed by atoms with Crippen molar-refractivity contribution in [1.29, 1.82) is 0 Å². The van der Waals surface area contributed by atoms with E-state index in [1.54, 1.807) is 17.8 Å². The summed E-state index contributed by atoms with van der Waals surface area (Å²) < 4.78 is 27.4. The topological polar surface area (TPSA) is 66.5 Å². The maximum absolute atomic E-state index is 13.0. The van der Waals surface area contributed by atoms with Crippen molar-refractivity contribution in [1.82, 2.24) is 4.31 Å². The van der Waals surface area contributed by atoms with E-state index < -0.39 is 15.9 Å². The predicted octanol–water partition coefficient (Wildman–Crippen LogP) is 4.75. The summed E-state index contributed by atoms with van der Waals surface area (Å²) in [5.74, 6) is -0.616. The molecule has 0 saturated carbocycles. The Hall–Kier alpha value is -1.25. The second-order valence-electron chi connectivity index (χ2n) is 6.47. The number of halogens is 2. The van der Waals surface area contributed by atoms with Crippen LogP contribution < -0.4 is 5.32 Å². The van der Waals surface area contributed by atoms with Crippen LogP contribution in [0.1, 0.15) is 12.8 Å². The van der Waals surface area contributed by atoms with Gasteiger partial charge in [0.25, 0.3) is 0 Å². The van der Waals surface area contributed by atoms with Crippen molar-refractivity contribution < 1.29 is 13.2 Å². The van der Waals surface area contributed by atoms with Gasteiger partial charge in [-0.2, -0.15) is 4.31 Å².